The molecule has 2 N–H and O–H groups in total. The van der Waals surface area contributed by atoms with Crippen molar-refractivity contribution in [2.75, 3.05) is 40.4 Å². The van der Waals surface area contributed by atoms with E-state index in [0.29, 0.717) is 31.7 Å². The number of nitrogens with zero attached hydrogens (tertiary/aromatic N) is 5. The number of nitrogens with two attached hydrogens (primary N) is 1. The maximum absolute atomic E-state index is 13.0. The summed E-state index contributed by atoms with van der Waals surface area (Å²) < 4.78 is 26.2. The Balaban J connectivity index is 1.63. The van der Waals surface area contributed by atoms with E-state index in [1.54, 1.807) is 23.1 Å². The Morgan fingerprint density at radius 1 is 1.29 bits per heavy atom. The van der Waals surface area contributed by atoms with E-state index >= 15 is 0 Å². The smallest absolute Gasteiger partial charge is 0.242 e. The number of benzene rings is 1. The minimum atomic E-state index is -3.49. The van der Waals surface area contributed by atoms with E-state index in [1.807, 2.05) is 6.07 Å². The zero-order valence-electron chi connectivity index (χ0n) is 20.7. The minimum Gasteiger partial charge on any atom is -0.325 e. The lowest BCUT2D eigenvalue weighted by Gasteiger charge is -2.26. The van der Waals surface area contributed by atoms with Crippen molar-refractivity contribution in [1.82, 2.24) is 19.0 Å². The summed E-state index contributed by atoms with van der Waals surface area (Å²) in [7, 11) is -0.428. The Kier molecular flexibility index (Phi) is 8.71. The van der Waals surface area contributed by atoms with Crippen molar-refractivity contribution < 1.29 is 13.2 Å². The van der Waals surface area contributed by atoms with E-state index in [4.69, 9.17) is 5.73 Å². The molecule has 188 valence electrons. The summed E-state index contributed by atoms with van der Waals surface area (Å²) in [5, 5.41) is 9.19. The van der Waals surface area contributed by atoms with Crippen LogP contribution in [0.3, 0.4) is 0 Å². The van der Waals surface area contributed by atoms with Gasteiger partial charge in [-0.15, -0.1) is 0 Å². The molecule has 1 aliphatic carbocycles. The molecule has 2 aliphatic rings. The van der Waals surface area contributed by atoms with E-state index in [9.17, 15) is 18.5 Å². The summed E-state index contributed by atoms with van der Waals surface area (Å²) in [6, 6.07) is 8.96. The van der Waals surface area contributed by atoms with Crippen LogP contribution in [0.1, 0.15) is 38.7 Å². The van der Waals surface area contributed by atoms with Gasteiger partial charge in [0.05, 0.1) is 23.7 Å². The van der Waals surface area contributed by atoms with Crippen molar-refractivity contribution in [3.63, 3.8) is 0 Å². The van der Waals surface area contributed by atoms with Gasteiger partial charge in [-0.1, -0.05) is 32.4 Å². The third-order valence-corrected chi connectivity index (χ3v) is 8.82. The maximum atomic E-state index is 13.0. The zero-order chi connectivity index (χ0) is 25.0. The number of carbonyl (C=O) groups excluding carboxylic acids is 1. The molecule has 3 rings (SSSR count). The second-order valence-corrected chi connectivity index (χ2v) is 11.8. The predicted octanol–water partition coefficient (Wildman–Crippen LogP) is 1.27. The lowest BCUT2D eigenvalue weighted by molar-refractivity contribution is -0.133. The summed E-state index contributed by atoms with van der Waals surface area (Å²) >= 11 is 0. The molecule has 1 heterocycles. The van der Waals surface area contributed by atoms with E-state index < -0.39 is 16.1 Å². The fraction of sp³-hybridized carbons (Fsp3) is 0.667. The number of rotatable bonds is 11. The number of carbonyl (C=O) groups is 1. The van der Waals surface area contributed by atoms with Gasteiger partial charge in [-0.05, 0) is 36.5 Å². The molecular weight excluding hydrogens is 452 g/mol. The summed E-state index contributed by atoms with van der Waals surface area (Å²) in [5.74, 6) is 0.332. The van der Waals surface area contributed by atoms with Crippen LogP contribution in [0.15, 0.2) is 29.2 Å². The molecule has 1 aliphatic heterocycles. The first-order chi connectivity index (χ1) is 16.1. The highest BCUT2D eigenvalue weighted by Crippen LogP contribution is 2.38. The van der Waals surface area contributed by atoms with Crippen molar-refractivity contribution >= 4 is 15.9 Å². The van der Waals surface area contributed by atoms with Crippen LogP contribution in [0, 0.1) is 17.2 Å². The molecule has 3 unspecified atom stereocenters. The van der Waals surface area contributed by atoms with Crippen molar-refractivity contribution in [2.45, 2.75) is 62.7 Å². The Labute approximate surface area is 204 Å². The van der Waals surface area contributed by atoms with E-state index in [2.05, 4.69) is 29.7 Å². The van der Waals surface area contributed by atoms with Crippen molar-refractivity contribution in [1.29, 1.82) is 5.26 Å². The molecule has 4 atom stereocenters. The van der Waals surface area contributed by atoms with Gasteiger partial charge in [0.2, 0.25) is 15.9 Å². The van der Waals surface area contributed by atoms with E-state index in [1.165, 1.54) is 18.4 Å². The molecule has 1 aromatic rings. The lowest BCUT2D eigenvalue weighted by Crippen LogP contribution is -2.50. The molecule has 0 aromatic heterocycles. The number of sulfonamides is 1. The Hall–Kier alpha value is -2.03. The molecule has 34 heavy (non-hydrogen) atoms. The van der Waals surface area contributed by atoms with E-state index in [0.717, 1.165) is 31.4 Å². The van der Waals surface area contributed by atoms with Crippen LogP contribution < -0.4 is 5.73 Å². The highest BCUT2D eigenvalue weighted by molar-refractivity contribution is 7.89. The quantitative estimate of drug-likeness (QED) is 0.465. The lowest BCUT2D eigenvalue weighted by atomic mass is 10.1. The molecule has 0 radical (unpaired) electrons. The highest BCUT2D eigenvalue weighted by atomic mass is 32.2. The molecule has 2 fully saturated rings. The van der Waals surface area contributed by atoms with E-state index in [-0.39, 0.29) is 23.4 Å². The van der Waals surface area contributed by atoms with Crippen LogP contribution in [-0.4, -0.2) is 91.9 Å². The maximum Gasteiger partial charge on any atom is 0.242 e. The second kappa shape index (κ2) is 11.1. The Morgan fingerprint density at radius 3 is 2.62 bits per heavy atom. The van der Waals surface area contributed by atoms with Gasteiger partial charge in [-0.3, -0.25) is 14.6 Å². The summed E-state index contributed by atoms with van der Waals surface area (Å²) in [4.78, 5) is 19.5. The molecule has 1 aromatic carbocycles. The molecule has 1 saturated carbocycles. The van der Waals surface area contributed by atoms with Crippen LogP contribution in [0.5, 0.6) is 0 Å². The standard InChI is InChI=1S/C24H38N6O3S/c1-5-19-13-23(19)30(11-10-25)24(31)22(26)16-28-15-20(6-2)29(17-28)14-18-8-7-9-21(12-18)34(32,33)27(3)4/h7-9,12,19-20,22-23H,5-6,11,13-17,26H2,1-4H3/t19?,20-,22?,23?/m0/s1. The van der Waals surface area contributed by atoms with Crippen LogP contribution in [0.25, 0.3) is 0 Å². The van der Waals surface area contributed by atoms with Crippen LogP contribution >= 0.6 is 0 Å². The van der Waals surface area contributed by atoms with Crippen LogP contribution in [-0.2, 0) is 21.4 Å². The number of hydrogen-bond acceptors (Lipinski definition) is 7. The third kappa shape index (κ3) is 5.96. The van der Waals surface area contributed by atoms with Gasteiger partial charge < -0.3 is 10.6 Å². The molecule has 1 amide bonds. The van der Waals surface area contributed by atoms with Crippen molar-refractivity contribution in [3.8, 4) is 6.07 Å². The zero-order valence-corrected chi connectivity index (χ0v) is 21.5. The largest absolute Gasteiger partial charge is 0.325 e. The Morgan fingerprint density at radius 2 is 2.03 bits per heavy atom. The summed E-state index contributed by atoms with van der Waals surface area (Å²) in [6.07, 6.45) is 2.90. The number of nitriles is 1. The number of hydrogen-bond donors (Lipinski definition) is 1. The van der Waals surface area contributed by atoms with Gasteiger partial charge in [-0.2, -0.15) is 5.26 Å². The van der Waals surface area contributed by atoms with Crippen LogP contribution in [0.4, 0.5) is 0 Å². The van der Waals surface area contributed by atoms with Crippen molar-refractivity contribution in [3.05, 3.63) is 29.8 Å². The minimum absolute atomic E-state index is 0.0869. The fourth-order valence-corrected chi connectivity index (χ4v) is 5.82. The second-order valence-electron chi connectivity index (χ2n) is 9.62. The average molecular weight is 491 g/mol. The average Bonchev–Trinajstić information content (AvgIpc) is 3.50. The van der Waals surface area contributed by atoms with Gasteiger partial charge in [0.15, 0.2) is 0 Å². The SMILES string of the molecule is CCC1CC1N(CC#N)C(=O)C(N)CN1C[C@H](CC)N(Cc2cccc(S(=O)(=O)N(C)C)c2)C1. The molecule has 1 saturated heterocycles. The highest BCUT2D eigenvalue weighted by Gasteiger charge is 2.43. The van der Waals surface area contributed by atoms with Gasteiger partial charge in [0.1, 0.15) is 6.54 Å². The first-order valence-electron chi connectivity index (χ1n) is 12.0. The summed E-state index contributed by atoms with van der Waals surface area (Å²) in [5.41, 5.74) is 7.26. The summed E-state index contributed by atoms with van der Waals surface area (Å²) in [6.45, 7) is 6.84. The molecular formula is C24H38N6O3S. The molecule has 10 heteroatoms. The van der Waals surface area contributed by atoms with Gasteiger partial charge >= 0.3 is 0 Å². The topological polar surface area (TPSA) is 114 Å². The van der Waals surface area contributed by atoms with Gasteiger partial charge in [0.25, 0.3) is 0 Å². The third-order valence-electron chi connectivity index (χ3n) is 7.01. The normalized spacial score (nSPS) is 24.2. The van der Waals surface area contributed by atoms with Crippen molar-refractivity contribution in [2.24, 2.45) is 11.7 Å². The number of amides is 1. The van der Waals surface area contributed by atoms with Crippen LogP contribution in [0.2, 0.25) is 0 Å². The molecule has 0 bridgehead atoms. The first-order valence-corrected chi connectivity index (χ1v) is 13.5. The Bertz CT molecular complexity index is 1010. The predicted molar refractivity (Wildman–Crippen MR) is 131 cm³/mol. The molecule has 0 spiro atoms. The fourth-order valence-electron chi connectivity index (χ4n) is 4.85. The molecule has 9 nitrogen and oxygen atoms in total. The monoisotopic (exact) mass is 490 g/mol. The first kappa shape index (κ1) is 26.6. The van der Waals surface area contributed by atoms with Gasteiger partial charge in [-0.25, -0.2) is 12.7 Å². The van der Waals surface area contributed by atoms with Gasteiger partial charge in [0, 0.05) is 45.8 Å².